The summed E-state index contributed by atoms with van der Waals surface area (Å²) in [6, 6.07) is 13.9. The third-order valence-electron chi connectivity index (χ3n) is 5.07. The fraction of sp³-hybridized carbons (Fsp3) is 0.391. The Bertz CT molecular complexity index is 888. The second kappa shape index (κ2) is 10.2. The average molecular weight is 413 g/mol. The minimum Gasteiger partial charge on any atom is -0.490 e. The van der Waals surface area contributed by atoms with E-state index in [1.807, 2.05) is 43.3 Å². The molecule has 0 fully saturated rings. The van der Waals surface area contributed by atoms with Crippen LogP contribution in [0.1, 0.15) is 18.4 Å². The largest absolute Gasteiger partial charge is 0.490 e. The van der Waals surface area contributed by atoms with Gasteiger partial charge in [-0.05, 0) is 32.3 Å². The normalized spacial score (nSPS) is 13.0. The molecule has 0 aromatic heterocycles. The second-order valence-electron chi connectivity index (χ2n) is 7.57. The van der Waals surface area contributed by atoms with Gasteiger partial charge in [0.25, 0.3) is 0 Å². The molecule has 0 bridgehead atoms. The van der Waals surface area contributed by atoms with Gasteiger partial charge in [0.1, 0.15) is 18.2 Å². The van der Waals surface area contributed by atoms with Gasteiger partial charge in [-0.1, -0.05) is 30.3 Å². The molecule has 30 heavy (non-hydrogen) atoms. The summed E-state index contributed by atoms with van der Waals surface area (Å²) >= 11 is 0. The Morgan fingerprint density at radius 3 is 2.53 bits per heavy atom. The topological polar surface area (TPSA) is 53.1 Å². The highest BCUT2D eigenvalue weighted by atomic mass is 19.1. The summed E-state index contributed by atoms with van der Waals surface area (Å²) in [4.78, 5) is 31.0. The number of anilines is 1. The number of rotatable bonds is 8. The smallest absolute Gasteiger partial charge is 0.227 e. The van der Waals surface area contributed by atoms with E-state index in [9.17, 15) is 14.0 Å². The summed E-state index contributed by atoms with van der Waals surface area (Å²) in [6.07, 6.45) is 0.184. The zero-order chi connectivity index (χ0) is 21.5. The van der Waals surface area contributed by atoms with Crippen LogP contribution in [0.5, 0.6) is 5.75 Å². The minimum atomic E-state index is -0.332. The maximum absolute atomic E-state index is 14.1. The number of carbonyl (C=O) groups is 2. The predicted octanol–water partition coefficient (Wildman–Crippen LogP) is 2.92. The van der Waals surface area contributed by atoms with Crippen LogP contribution in [0.3, 0.4) is 0 Å². The molecule has 1 aliphatic rings. The SMILES string of the molecule is CN(C)CCN(Cc1ccccc1F)C(=O)CCC(=O)N1CCOc2ccccc21. The van der Waals surface area contributed by atoms with Crippen molar-refractivity contribution in [2.75, 3.05) is 45.2 Å². The Balaban J connectivity index is 1.64. The van der Waals surface area contributed by atoms with Crippen LogP contribution in [-0.4, -0.2) is 62.0 Å². The molecule has 2 aromatic carbocycles. The number of carbonyl (C=O) groups excluding carboxylic acids is 2. The number of benzene rings is 2. The number of hydrogen-bond donors (Lipinski definition) is 0. The Morgan fingerprint density at radius 1 is 1.03 bits per heavy atom. The summed E-state index contributed by atoms with van der Waals surface area (Å²) < 4.78 is 19.7. The summed E-state index contributed by atoms with van der Waals surface area (Å²) in [6.45, 7) is 2.20. The molecule has 6 nitrogen and oxygen atoms in total. The lowest BCUT2D eigenvalue weighted by Gasteiger charge is -2.30. The lowest BCUT2D eigenvalue weighted by Crippen LogP contribution is -2.40. The summed E-state index contributed by atoms with van der Waals surface area (Å²) in [7, 11) is 3.84. The first kappa shape index (κ1) is 21.8. The fourth-order valence-corrected chi connectivity index (χ4v) is 3.38. The van der Waals surface area contributed by atoms with Gasteiger partial charge in [0.15, 0.2) is 0 Å². The lowest BCUT2D eigenvalue weighted by atomic mass is 10.1. The maximum atomic E-state index is 14.1. The van der Waals surface area contributed by atoms with E-state index in [0.29, 0.717) is 37.6 Å². The molecular weight excluding hydrogens is 385 g/mol. The van der Waals surface area contributed by atoms with Gasteiger partial charge in [0.05, 0.1) is 12.2 Å². The molecule has 2 aromatic rings. The Hall–Kier alpha value is -2.93. The molecule has 2 amide bonds. The van der Waals surface area contributed by atoms with Gasteiger partial charge in [0, 0.05) is 38.0 Å². The number of ether oxygens (including phenoxy) is 1. The third kappa shape index (κ3) is 5.57. The van der Waals surface area contributed by atoms with Gasteiger partial charge in [-0.25, -0.2) is 4.39 Å². The number of nitrogens with zero attached hydrogens (tertiary/aromatic N) is 3. The van der Waals surface area contributed by atoms with Crippen LogP contribution in [-0.2, 0) is 16.1 Å². The Labute approximate surface area is 176 Å². The van der Waals surface area contributed by atoms with Crippen LogP contribution < -0.4 is 9.64 Å². The first-order valence-corrected chi connectivity index (χ1v) is 10.1. The van der Waals surface area contributed by atoms with E-state index >= 15 is 0 Å². The molecule has 0 aliphatic carbocycles. The lowest BCUT2D eigenvalue weighted by molar-refractivity contribution is -0.134. The molecular formula is C23H28FN3O3. The molecule has 0 N–H and O–H groups in total. The average Bonchev–Trinajstić information content (AvgIpc) is 2.75. The molecule has 0 spiro atoms. The summed E-state index contributed by atoms with van der Waals surface area (Å²) in [5.41, 5.74) is 1.20. The summed E-state index contributed by atoms with van der Waals surface area (Å²) in [5.74, 6) is 0.0734. The van der Waals surface area contributed by atoms with Crippen LogP contribution >= 0.6 is 0 Å². The number of halogens is 1. The number of fused-ring (bicyclic) bond motifs is 1. The molecule has 7 heteroatoms. The van der Waals surface area contributed by atoms with Crippen molar-refractivity contribution in [3.63, 3.8) is 0 Å². The molecule has 0 atom stereocenters. The molecule has 0 radical (unpaired) electrons. The number of likely N-dealkylation sites (N-methyl/N-ethyl adjacent to an activating group) is 1. The van der Waals surface area contributed by atoms with Crippen LogP contribution in [0, 0.1) is 5.82 Å². The van der Waals surface area contributed by atoms with E-state index in [-0.39, 0.29) is 37.0 Å². The first-order valence-electron chi connectivity index (χ1n) is 10.1. The number of amides is 2. The highest BCUT2D eigenvalue weighted by Gasteiger charge is 2.24. The van der Waals surface area contributed by atoms with E-state index in [2.05, 4.69) is 0 Å². The zero-order valence-electron chi connectivity index (χ0n) is 17.5. The molecule has 3 rings (SSSR count). The van der Waals surface area contributed by atoms with Crippen LogP contribution in [0.4, 0.5) is 10.1 Å². The van der Waals surface area contributed by atoms with E-state index in [0.717, 1.165) is 5.69 Å². The summed E-state index contributed by atoms with van der Waals surface area (Å²) in [5, 5.41) is 0. The number of para-hydroxylation sites is 2. The van der Waals surface area contributed by atoms with Crippen molar-refractivity contribution in [2.24, 2.45) is 0 Å². The molecule has 160 valence electrons. The zero-order valence-corrected chi connectivity index (χ0v) is 17.5. The minimum absolute atomic E-state index is 0.0836. The van der Waals surface area contributed by atoms with E-state index in [4.69, 9.17) is 4.74 Å². The van der Waals surface area contributed by atoms with Gasteiger partial charge in [-0.2, -0.15) is 0 Å². The Morgan fingerprint density at radius 2 is 1.77 bits per heavy atom. The number of hydrogen-bond acceptors (Lipinski definition) is 4. The van der Waals surface area contributed by atoms with Gasteiger partial charge >= 0.3 is 0 Å². The molecule has 0 unspecified atom stereocenters. The molecule has 1 aliphatic heterocycles. The van der Waals surface area contributed by atoms with E-state index in [1.165, 1.54) is 6.07 Å². The van der Waals surface area contributed by atoms with Crippen LogP contribution in [0.25, 0.3) is 0 Å². The first-order chi connectivity index (χ1) is 14.5. The van der Waals surface area contributed by atoms with Crippen molar-refractivity contribution in [1.82, 2.24) is 9.80 Å². The third-order valence-corrected chi connectivity index (χ3v) is 5.07. The van der Waals surface area contributed by atoms with E-state index < -0.39 is 0 Å². The van der Waals surface area contributed by atoms with Gasteiger partial charge in [-0.3, -0.25) is 9.59 Å². The van der Waals surface area contributed by atoms with Crippen molar-refractivity contribution in [3.8, 4) is 5.75 Å². The van der Waals surface area contributed by atoms with Crippen molar-refractivity contribution in [1.29, 1.82) is 0 Å². The van der Waals surface area contributed by atoms with Crippen molar-refractivity contribution >= 4 is 17.5 Å². The maximum Gasteiger partial charge on any atom is 0.227 e. The highest BCUT2D eigenvalue weighted by molar-refractivity contribution is 5.97. The standard InChI is InChI=1S/C23H28FN3O3/c1-25(2)13-14-26(17-18-7-3-4-8-19(18)24)22(28)11-12-23(29)27-15-16-30-21-10-6-5-9-20(21)27/h3-10H,11-17H2,1-2H3. The molecule has 0 saturated carbocycles. The quantitative estimate of drug-likeness (QED) is 0.668. The molecule has 0 saturated heterocycles. The van der Waals surface area contributed by atoms with Gasteiger partial charge < -0.3 is 19.4 Å². The van der Waals surface area contributed by atoms with E-state index in [1.54, 1.807) is 28.0 Å². The fourth-order valence-electron chi connectivity index (χ4n) is 3.38. The van der Waals surface area contributed by atoms with Crippen molar-refractivity contribution in [2.45, 2.75) is 19.4 Å². The second-order valence-corrected chi connectivity index (χ2v) is 7.57. The van der Waals surface area contributed by atoms with Gasteiger partial charge in [0.2, 0.25) is 11.8 Å². The monoisotopic (exact) mass is 413 g/mol. The van der Waals surface area contributed by atoms with Crippen LogP contribution in [0.15, 0.2) is 48.5 Å². The highest BCUT2D eigenvalue weighted by Crippen LogP contribution is 2.31. The van der Waals surface area contributed by atoms with Gasteiger partial charge in [-0.15, -0.1) is 0 Å². The predicted molar refractivity (Wildman–Crippen MR) is 114 cm³/mol. The molecule has 1 heterocycles. The van der Waals surface area contributed by atoms with Crippen molar-refractivity contribution < 1.29 is 18.7 Å². The Kier molecular flexibility index (Phi) is 7.41. The van der Waals surface area contributed by atoms with Crippen LogP contribution in [0.2, 0.25) is 0 Å². The van der Waals surface area contributed by atoms with Crippen molar-refractivity contribution in [3.05, 3.63) is 59.9 Å².